The fourth-order valence-corrected chi connectivity index (χ4v) is 1.77. The van der Waals surface area contributed by atoms with Crippen molar-refractivity contribution in [2.45, 2.75) is 0 Å². The molecule has 0 aromatic rings. The summed E-state index contributed by atoms with van der Waals surface area (Å²) in [6.45, 7) is 0. The van der Waals surface area contributed by atoms with E-state index in [2.05, 4.69) is 10.8 Å². The van der Waals surface area contributed by atoms with E-state index in [9.17, 15) is 0 Å². The lowest BCUT2D eigenvalue weighted by Gasteiger charge is -1.69. The Morgan fingerprint density at radius 2 is 1.43 bits per heavy atom. The van der Waals surface area contributed by atoms with Gasteiger partial charge in [0.15, 0.2) is 0 Å². The molecule has 0 bridgehead atoms. The molecule has 0 saturated carbocycles. The molecule has 0 fully saturated rings. The van der Waals surface area contributed by atoms with E-state index in [4.69, 9.17) is 0 Å². The minimum Gasteiger partial charge on any atom is -0.147 e. The summed E-state index contributed by atoms with van der Waals surface area (Å²) in [6.07, 6.45) is 0. The van der Waals surface area contributed by atoms with Gasteiger partial charge in [-0.3, -0.25) is 0 Å². The summed E-state index contributed by atoms with van der Waals surface area (Å²) in [4.78, 5) is 0. The molecule has 0 aliphatic carbocycles. The van der Waals surface area contributed by atoms with Gasteiger partial charge in [-0.25, -0.2) is 0 Å². The number of thioether (sulfide) groups is 2. The predicted octanol–water partition coefficient (Wildman–Crippen LogP) is 2.74. The van der Waals surface area contributed by atoms with E-state index in [0.717, 1.165) is 0 Å². The average molecular weight is 177 g/mol. The molecule has 0 amide bonds. The fourth-order valence-electron chi connectivity index (χ4n) is 0.196. The van der Waals surface area contributed by atoms with E-state index in [1.165, 1.54) is 5.08 Å². The first-order chi connectivity index (χ1) is 2.50. The van der Waals surface area contributed by atoms with Gasteiger partial charge in [0.1, 0.15) is 0 Å². The zero-order valence-electron chi connectivity index (χ0n) is 3.49. The molecule has 0 unspecified atom stereocenters. The van der Waals surface area contributed by atoms with Crippen LogP contribution in [-0.2, 0) is 0 Å². The highest BCUT2D eigenvalue weighted by molar-refractivity contribution is 8.21. The first-order valence-electron chi connectivity index (χ1n) is 1.38. The maximum Gasteiger partial charge on any atom is 0.0475 e. The Morgan fingerprint density at radius 3 is 1.57 bits per heavy atom. The van der Waals surface area contributed by atoms with Gasteiger partial charge in [0, 0.05) is 5.08 Å². The third-order valence-electron chi connectivity index (χ3n) is 0.384. The largest absolute Gasteiger partial charge is 0.147 e. The van der Waals surface area contributed by atoms with Crippen LogP contribution in [0.15, 0.2) is 10.8 Å². The summed E-state index contributed by atoms with van der Waals surface area (Å²) in [5.74, 6) is 0. The number of hydrogen-bond donors (Lipinski definition) is 0. The molecule has 0 N–H and O–H groups in total. The van der Waals surface area contributed by atoms with Crippen LogP contribution in [0.3, 0.4) is 0 Å². The molecule has 0 spiro atoms. The summed E-state index contributed by atoms with van der Waals surface area (Å²) in [6, 6.07) is 0. The van der Waals surface area contributed by atoms with Crippen LogP contribution in [0.4, 0.5) is 0 Å². The smallest absolute Gasteiger partial charge is 0.0475 e. The van der Waals surface area contributed by atoms with Gasteiger partial charge >= 0.3 is 0 Å². The Morgan fingerprint density at radius 1 is 1.00 bits per heavy atom. The van der Waals surface area contributed by atoms with Crippen molar-refractivity contribution in [2.24, 2.45) is 0 Å². The van der Waals surface area contributed by atoms with Crippen LogP contribution in [0.2, 0.25) is 0 Å². The van der Waals surface area contributed by atoms with Gasteiger partial charge in [0.25, 0.3) is 0 Å². The SMILES string of the molecule is C1=CSCS1.Cl.Cl. The molecule has 7 heavy (non-hydrogen) atoms. The molecule has 0 aromatic heterocycles. The van der Waals surface area contributed by atoms with Crippen LogP contribution in [0.25, 0.3) is 0 Å². The van der Waals surface area contributed by atoms with E-state index in [1.54, 1.807) is 0 Å². The normalized spacial score (nSPS) is 14.9. The molecule has 0 nitrogen and oxygen atoms in total. The number of hydrogen-bond acceptors (Lipinski definition) is 2. The first kappa shape index (κ1) is 10.9. The molecule has 4 heteroatoms. The Bertz CT molecular complexity index is 48.9. The van der Waals surface area contributed by atoms with Gasteiger partial charge in [-0.15, -0.1) is 48.3 Å². The monoisotopic (exact) mass is 176 g/mol. The van der Waals surface area contributed by atoms with Crippen molar-refractivity contribution in [3.05, 3.63) is 10.8 Å². The van der Waals surface area contributed by atoms with Crippen molar-refractivity contribution < 1.29 is 0 Å². The Kier molecular flexibility index (Phi) is 10.9. The van der Waals surface area contributed by atoms with Crippen LogP contribution >= 0.6 is 48.3 Å². The second kappa shape index (κ2) is 7.02. The van der Waals surface area contributed by atoms with Crippen LogP contribution in [-0.4, -0.2) is 5.08 Å². The quantitative estimate of drug-likeness (QED) is 0.558. The molecule has 0 atom stereocenters. The van der Waals surface area contributed by atoms with E-state index < -0.39 is 0 Å². The predicted molar refractivity (Wildman–Crippen MR) is 43.7 cm³/mol. The van der Waals surface area contributed by atoms with Gasteiger partial charge < -0.3 is 0 Å². The minimum absolute atomic E-state index is 0. The van der Waals surface area contributed by atoms with Crippen molar-refractivity contribution in [1.82, 2.24) is 0 Å². The molecule has 0 aromatic carbocycles. The van der Waals surface area contributed by atoms with Crippen molar-refractivity contribution in [3.63, 3.8) is 0 Å². The van der Waals surface area contributed by atoms with Gasteiger partial charge in [-0.2, -0.15) is 0 Å². The Balaban J connectivity index is 0. The van der Waals surface area contributed by atoms with Gasteiger partial charge in [-0.05, 0) is 10.8 Å². The van der Waals surface area contributed by atoms with Crippen LogP contribution in [0.5, 0.6) is 0 Å². The van der Waals surface area contributed by atoms with Gasteiger partial charge in [0.2, 0.25) is 0 Å². The molecule has 0 radical (unpaired) electrons. The number of halogens is 2. The molecule has 1 aliphatic heterocycles. The van der Waals surface area contributed by atoms with Crippen molar-refractivity contribution in [1.29, 1.82) is 0 Å². The lowest BCUT2D eigenvalue weighted by atomic mass is 11.3. The zero-order chi connectivity index (χ0) is 3.54. The Hall–Kier alpha value is 1.02. The van der Waals surface area contributed by atoms with E-state index in [0.29, 0.717) is 0 Å². The number of rotatable bonds is 0. The fraction of sp³-hybridized carbons (Fsp3) is 0.333. The minimum atomic E-state index is 0. The van der Waals surface area contributed by atoms with E-state index >= 15 is 0 Å². The van der Waals surface area contributed by atoms with E-state index in [1.807, 2.05) is 23.5 Å². The topological polar surface area (TPSA) is 0 Å². The Labute approximate surface area is 64.3 Å². The standard InChI is InChI=1S/C3H4S2.2ClH/c1-2-5-3-4-1;;/h1-2H,3H2;2*1H. The highest BCUT2D eigenvalue weighted by Crippen LogP contribution is 2.22. The van der Waals surface area contributed by atoms with Crippen LogP contribution in [0, 0.1) is 0 Å². The molecule has 0 saturated heterocycles. The zero-order valence-corrected chi connectivity index (χ0v) is 6.76. The lowest BCUT2D eigenvalue weighted by Crippen LogP contribution is -1.42. The molecular weight excluding hydrogens is 171 g/mol. The second-order valence-electron chi connectivity index (χ2n) is 0.723. The molecule has 1 heterocycles. The summed E-state index contributed by atoms with van der Waals surface area (Å²) in [7, 11) is 0. The van der Waals surface area contributed by atoms with E-state index in [-0.39, 0.29) is 24.8 Å². The van der Waals surface area contributed by atoms with Crippen molar-refractivity contribution in [3.8, 4) is 0 Å². The lowest BCUT2D eigenvalue weighted by molar-refractivity contribution is 2.33. The highest BCUT2D eigenvalue weighted by atomic mass is 35.5. The van der Waals surface area contributed by atoms with Gasteiger partial charge in [-0.1, -0.05) is 0 Å². The third kappa shape index (κ3) is 4.88. The van der Waals surface area contributed by atoms with Crippen molar-refractivity contribution >= 4 is 48.3 Å². The third-order valence-corrected chi connectivity index (χ3v) is 2.30. The second-order valence-corrected chi connectivity index (χ2v) is 2.88. The summed E-state index contributed by atoms with van der Waals surface area (Å²) in [5.41, 5.74) is 0. The van der Waals surface area contributed by atoms with Crippen LogP contribution < -0.4 is 0 Å². The summed E-state index contributed by atoms with van der Waals surface area (Å²) >= 11 is 3.71. The average Bonchev–Trinajstić information content (AvgIpc) is 1.76. The van der Waals surface area contributed by atoms with Gasteiger partial charge in [0.05, 0.1) is 0 Å². The molecule has 1 aliphatic rings. The maximum absolute atomic E-state index is 2.12. The molecule has 44 valence electrons. The first-order valence-corrected chi connectivity index (χ1v) is 3.48. The molecule has 1 rings (SSSR count). The maximum atomic E-state index is 2.12. The summed E-state index contributed by atoms with van der Waals surface area (Å²) in [5, 5.41) is 5.45. The van der Waals surface area contributed by atoms with Crippen molar-refractivity contribution in [2.75, 3.05) is 5.08 Å². The highest BCUT2D eigenvalue weighted by Gasteiger charge is 1.85. The van der Waals surface area contributed by atoms with Crippen LogP contribution in [0.1, 0.15) is 0 Å². The molecular formula is C3H6Cl2S2. The summed E-state index contributed by atoms with van der Waals surface area (Å²) < 4.78 is 0.